The summed E-state index contributed by atoms with van der Waals surface area (Å²) in [5.41, 5.74) is 1.19. The minimum Gasteiger partial charge on any atom is -0.494 e. The summed E-state index contributed by atoms with van der Waals surface area (Å²) in [6, 6.07) is 3.97. The Labute approximate surface area is 99.9 Å². The quantitative estimate of drug-likeness (QED) is 0.844. The van der Waals surface area contributed by atoms with E-state index in [1.54, 1.807) is 25.7 Å². The summed E-state index contributed by atoms with van der Waals surface area (Å²) in [5, 5.41) is 3.14. The Morgan fingerprint density at radius 1 is 1.24 bits per heavy atom. The molecule has 0 aliphatic rings. The van der Waals surface area contributed by atoms with Crippen LogP contribution in [-0.4, -0.2) is 28.6 Å². The Kier molecular flexibility index (Phi) is 3.85. The maximum absolute atomic E-state index is 4.98. The first-order valence-electron chi connectivity index (χ1n) is 5.37. The number of ether oxygens (including phenoxy) is 1. The summed E-state index contributed by atoms with van der Waals surface area (Å²) < 4.78 is 4.98. The minimum atomic E-state index is 0.606. The van der Waals surface area contributed by atoms with E-state index in [0.717, 1.165) is 13.0 Å². The summed E-state index contributed by atoms with van der Waals surface area (Å²) in [4.78, 5) is 12.3. The van der Waals surface area contributed by atoms with E-state index < -0.39 is 0 Å². The van der Waals surface area contributed by atoms with Gasteiger partial charge in [-0.3, -0.25) is 4.98 Å². The fraction of sp³-hybridized carbons (Fsp3) is 0.250. The molecule has 2 aromatic rings. The minimum absolute atomic E-state index is 0.606. The number of methoxy groups -OCH3 is 1. The normalized spacial score (nSPS) is 9.94. The molecular weight excluding hydrogens is 216 g/mol. The van der Waals surface area contributed by atoms with Crippen LogP contribution in [0, 0.1) is 0 Å². The Morgan fingerprint density at radius 2 is 2.06 bits per heavy atom. The summed E-state index contributed by atoms with van der Waals surface area (Å²) in [5.74, 6) is 1.26. The first kappa shape index (κ1) is 11.3. The molecule has 0 aromatic carbocycles. The molecule has 0 atom stereocenters. The molecule has 1 N–H and O–H groups in total. The van der Waals surface area contributed by atoms with E-state index in [4.69, 9.17) is 4.74 Å². The maximum atomic E-state index is 4.98. The lowest BCUT2D eigenvalue weighted by Crippen LogP contribution is -2.07. The van der Waals surface area contributed by atoms with Crippen molar-refractivity contribution in [3.05, 3.63) is 42.5 Å². The van der Waals surface area contributed by atoms with Gasteiger partial charge in [-0.1, -0.05) is 6.07 Å². The van der Waals surface area contributed by atoms with Gasteiger partial charge < -0.3 is 10.1 Å². The van der Waals surface area contributed by atoms with Gasteiger partial charge in [0.25, 0.3) is 0 Å². The molecule has 0 saturated carbocycles. The van der Waals surface area contributed by atoms with Crippen LogP contribution in [0.1, 0.15) is 5.56 Å². The summed E-state index contributed by atoms with van der Waals surface area (Å²) in [7, 11) is 1.59. The molecule has 0 spiro atoms. The predicted molar refractivity (Wildman–Crippen MR) is 65.0 cm³/mol. The zero-order valence-electron chi connectivity index (χ0n) is 9.63. The number of hydrogen-bond donors (Lipinski definition) is 1. The van der Waals surface area contributed by atoms with Gasteiger partial charge in [0.1, 0.15) is 0 Å². The molecule has 2 heterocycles. The third-order valence-corrected chi connectivity index (χ3v) is 2.28. The van der Waals surface area contributed by atoms with Crippen LogP contribution in [0.25, 0.3) is 0 Å². The number of hydrogen-bond acceptors (Lipinski definition) is 5. The van der Waals surface area contributed by atoms with Crippen LogP contribution in [0.15, 0.2) is 36.9 Å². The van der Waals surface area contributed by atoms with E-state index in [0.29, 0.717) is 11.7 Å². The average molecular weight is 230 g/mol. The fourth-order valence-corrected chi connectivity index (χ4v) is 1.38. The number of nitrogens with one attached hydrogen (secondary N) is 1. The van der Waals surface area contributed by atoms with Crippen molar-refractivity contribution in [3.63, 3.8) is 0 Å². The van der Waals surface area contributed by atoms with E-state index in [9.17, 15) is 0 Å². The summed E-state index contributed by atoms with van der Waals surface area (Å²) in [6.07, 6.45) is 7.79. The predicted octanol–water partition coefficient (Wildman–Crippen LogP) is 1.53. The van der Waals surface area contributed by atoms with Gasteiger partial charge in [-0.2, -0.15) is 0 Å². The molecule has 0 radical (unpaired) electrons. The lowest BCUT2D eigenvalue weighted by atomic mass is 10.2. The second-order valence-corrected chi connectivity index (χ2v) is 3.48. The summed E-state index contributed by atoms with van der Waals surface area (Å²) >= 11 is 0. The van der Waals surface area contributed by atoms with Crippen molar-refractivity contribution in [2.45, 2.75) is 6.42 Å². The third-order valence-electron chi connectivity index (χ3n) is 2.28. The molecule has 5 nitrogen and oxygen atoms in total. The van der Waals surface area contributed by atoms with Crippen molar-refractivity contribution in [1.82, 2.24) is 15.0 Å². The number of aromatic nitrogens is 3. The SMILES string of the molecule is COc1cnc(NCCc2cccnc2)nc1. The Balaban J connectivity index is 1.82. The van der Waals surface area contributed by atoms with Crippen LogP contribution in [0.5, 0.6) is 5.75 Å². The molecule has 0 aliphatic carbocycles. The van der Waals surface area contributed by atoms with Crippen LogP contribution < -0.4 is 10.1 Å². The zero-order valence-corrected chi connectivity index (χ0v) is 9.63. The van der Waals surface area contributed by atoms with Crippen molar-refractivity contribution >= 4 is 5.95 Å². The summed E-state index contributed by atoms with van der Waals surface area (Å²) in [6.45, 7) is 0.776. The molecule has 0 unspecified atom stereocenters. The number of nitrogens with zero attached hydrogens (tertiary/aromatic N) is 3. The van der Waals surface area contributed by atoms with Gasteiger partial charge >= 0.3 is 0 Å². The molecule has 0 saturated heterocycles. The zero-order chi connectivity index (χ0) is 11.9. The molecule has 0 amide bonds. The Morgan fingerprint density at radius 3 is 2.71 bits per heavy atom. The van der Waals surface area contributed by atoms with Crippen LogP contribution in [0.3, 0.4) is 0 Å². The van der Waals surface area contributed by atoms with Gasteiger partial charge in [-0.05, 0) is 18.1 Å². The topological polar surface area (TPSA) is 59.9 Å². The van der Waals surface area contributed by atoms with Gasteiger partial charge in [-0.25, -0.2) is 9.97 Å². The number of rotatable bonds is 5. The highest BCUT2D eigenvalue weighted by molar-refractivity contribution is 5.27. The van der Waals surface area contributed by atoms with E-state index in [1.165, 1.54) is 5.56 Å². The second kappa shape index (κ2) is 5.79. The van der Waals surface area contributed by atoms with Crippen LogP contribution >= 0.6 is 0 Å². The maximum Gasteiger partial charge on any atom is 0.222 e. The largest absolute Gasteiger partial charge is 0.494 e. The van der Waals surface area contributed by atoms with Gasteiger partial charge in [-0.15, -0.1) is 0 Å². The van der Waals surface area contributed by atoms with Gasteiger partial charge in [0.05, 0.1) is 19.5 Å². The van der Waals surface area contributed by atoms with Gasteiger partial charge in [0.15, 0.2) is 5.75 Å². The van der Waals surface area contributed by atoms with E-state index in [-0.39, 0.29) is 0 Å². The van der Waals surface area contributed by atoms with Gasteiger partial charge in [0, 0.05) is 18.9 Å². The molecule has 5 heteroatoms. The van der Waals surface area contributed by atoms with Crippen LogP contribution in [0.4, 0.5) is 5.95 Å². The van der Waals surface area contributed by atoms with Crippen molar-refractivity contribution in [2.24, 2.45) is 0 Å². The number of pyridine rings is 1. The van der Waals surface area contributed by atoms with Crippen molar-refractivity contribution < 1.29 is 4.74 Å². The Bertz CT molecular complexity index is 444. The lowest BCUT2D eigenvalue weighted by molar-refractivity contribution is 0.411. The average Bonchev–Trinajstić information content (AvgIpc) is 2.41. The molecule has 0 aliphatic heterocycles. The lowest BCUT2D eigenvalue weighted by Gasteiger charge is -2.04. The fourth-order valence-electron chi connectivity index (χ4n) is 1.38. The molecule has 0 fully saturated rings. The van der Waals surface area contributed by atoms with Crippen molar-refractivity contribution in [2.75, 3.05) is 19.0 Å². The van der Waals surface area contributed by atoms with E-state index >= 15 is 0 Å². The third kappa shape index (κ3) is 3.41. The first-order chi connectivity index (χ1) is 8.38. The first-order valence-corrected chi connectivity index (χ1v) is 5.37. The highest BCUT2D eigenvalue weighted by Crippen LogP contribution is 2.07. The molecule has 17 heavy (non-hydrogen) atoms. The second-order valence-electron chi connectivity index (χ2n) is 3.48. The van der Waals surface area contributed by atoms with Gasteiger partial charge in [0.2, 0.25) is 5.95 Å². The van der Waals surface area contributed by atoms with E-state index in [2.05, 4.69) is 20.3 Å². The molecule has 0 bridgehead atoms. The van der Waals surface area contributed by atoms with E-state index in [1.807, 2.05) is 18.3 Å². The highest BCUT2D eigenvalue weighted by Gasteiger charge is 1.97. The standard InChI is InChI=1S/C12H14N4O/c1-17-11-8-15-12(16-9-11)14-6-4-10-3-2-5-13-7-10/h2-3,5,7-9H,4,6H2,1H3,(H,14,15,16). The molecule has 2 rings (SSSR count). The van der Waals surface area contributed by atoms with Crippen molar-refractivity contribution in [1.29, 1.82) is 0 Å². The molecule has 88 valence electrons. The molecular formula is C12H14N4O. The van der Waals surface area contributed by atoms with Crippen molar-refractivity contribution in [3.8, 4) is 5.75 Å². The number of anilines is 1. The monoisotopic (exact) mass is 230 g/mol. The van der Waals surface area contributed by atoms with Crippen LogP contribution in [-0.2, 0) is 6.42 Å². The highest BCUT2D eigenvalue weighted by atomic mass is 16.5. The smallest absolute Gasteiger partial charge is 0.222 e. The van der Waals surface area contributed by atoms with Crippen LogP contribution in [0.2, 0.25) is 0 Å². The Hall–Kier alpha value is -2.17. The molecule has 2 aromatic heterocycles.